The van der Waals surface area contributed by atoms with Crippen molar-refractivity contribution >= 4 is 23.6 Å². The van der Waals surface area contributed by atoms with E-state index in [0.717, 1.165) is 16.8 Å². The molecule has 1 amide bonds. The van der Waals surface area contributed by atoms with Gasteiger partial charge in [0, 0.05) is 24.4 Å². The van der Waals surface area contributed by atoms with Crippen molar-refractivity contribution in [3.8, 4) is 0 Å². The van der Waals surface area contributed by atoms with Crippen molar-refractivity contribution in [2.24, 2.45) is 0 Å². The van der Waals surface area contributed by atoms with Gasteiger partial charge in [-0.15, -0.1) is 0 Å². The fourth-order valence-corrected chi connectivity index (χ4v) is 2.28. The maximum Gasteiger partial charge on any atom is 0.330 e. The summed E-state index contributed by atoms with van der Waals surface area (Å²) in [5.41, 5.74) is 3.27. The average molecular weight is 323 g/mol. The van der Waals surface area contributed by atoms with Crippen LogP contribution < -0.4 is 4.90 Å². The molecule has 0 saturated heterocycles. The first-order valence-corrected chi connectivity index (χ1v) is 7.81. The number of carbonyl (C=O) groups excluding carboxylic acids is 2. The molecule has 124 valence electrons. The number of rotatable bonds is 5. The number of benzene rings is 2. The van der Waals surface area contributed by atoms with E-state index in [1.54, 1.807) is 31.0 Å². The van der Waals surface area contributed by atoms with E-state index in [1.807, 2.05) is 49.4 Å². The third kappa shape index (κ3) is 4.56. The molecule has 4 nitrogen and oxygen atoms in total. The molecule has 0 heterocycles. The fourth-order valence-electron chi connectivity index (χ4n) is 2.28. The molecular weight excluding hydrogens is 302 g/mol. The van der Waals surface area contributed by atoms with Gasteiger partial charge >= 0.3 is 5.97 Å². The van der Waals surface area contributed by atoms with Crippen LogP contribution in [0.2, 0.25) is 0 Å². The van der Waals surface area contributed by atoms with Crippen LogP contribution in [-0.2, 0) is 9.53 Å². The standard InChI is InChI=1S/C20H21NO3/c1-4-24-19(22)12-11-16-8-6-10-18(14-16)21(3)20(23)17-9-5-7-15(2)13-17/h5-14H,4H2,1-3H3/b12-11+. The lowest BCUT2D eigenvalue weighted by molar-refractivity contribution is -0.137. The summed E-state index contributed by atoms with van der Waals surface area (Å²) >= 11 is 0. The zero-order valence-electron chi connectivity index (χ0n) is 14.2. The Morgan fingerprint density at radius 2 is 1.88 bits per heavy atom. The number of hydrogen-bond acceptors (Lipinski definition) is 3. The first-order chi connectivity index (χ1) is 11.5. The van der Waals surface area contributed by atoms with Crippen molar-refractivity contribution in [2.45, 2.75) is 13.8 Å². The number of anilines is 1. The Morgan fingerprint density at radius 1 is 1.12 bits per heavy atom. The maximum absolute atomic E-state index is 12.6. The minimum absolute atomic E-state index is 0.0785. The molecule has 24 heavy (non-hydrogen) atoms. The van der Waals surface area contributed by atoms with Gasteiger partial charge in [0.2, 0.25) is 0 Å². The largest absolute Gasteiger partial charge is 0.463 e. The minimum Gasteiger partial charge on any atom is -0.463 e. The molecule has 0 N–H and O–H groups in total. The maximum atomic E-state index is 12.6. The Hall–Kier alpha value is -2.88. The molecule has 0 fully saturated rings. The van der Waals surface area contributed by atoms with Crippen LogP contribution in [0.4, 0.5) is 5.69 Å². The topological polar surface area (TPSA) is 46.6 Å². The number of ether oxygens (including phenoxy) is 1. The molecule has 0 aliphatic rings. The second kappa shape index (κ2) is 8.11. The molecule has 4 heteroatoms. The minimum atomic E-state index is -0.382. The van der Waals surface area contributed by atoms with E-state index >= 15 is 0 Å². The highest BCUT2D eigenvalue weighted by Gasteiger charge is 2.13. The van der Waals surface area contributed by atoms with Crippen molar-refractivity contribution in [2.75, 3.05) is 18.6 Å². The van der Waals surface area contributed by atoms with Gasteiger partial charge in [-0.25, -0.2) is 4.79 Å². The summed E-state index contributed by atoms with van der Waals surface area (Å²) in [6, 6.07) is 14.9. The molecule has 0 radical (unpaired) electrons. The monoisotopic (exact) mass is 323 g/mol. The van der Waals surface area contributed by atoms with Crippen LogP contribution in [0.1, 0.15) is 28.4 Å². The van der Waals surface area contributed by atoms with Crippen LogP contribution in [0.25, 0.3) is 6.08 Å². The van der Waals surface area contributed by atoms with Gasteiger partial charge in [-0.05, 0) is 49.8 Å². The molecule has 0 saturated carbocycles. The van der Waals surface area contributed by atoms with Crippen molar-refractivity contribution in [1.29, 1.82) is 0 Å². The number of nitrogens with zero attached hydrogens (tertiary/aromatic N) is 1. The summed E-state index contributed by atoms with van der Waals surface area (Å²) in [4.78, 5) is 25.6. The Kier molecular flexibility index (Phi) is 5.90. The second-order valence-corrected chi connectivity index (χ2v) is 5.41. The van der Waals surface area contributed by atoms with Crippen molar-refractivity contribution < 1.29 is 14.3 Å². The van der Waals surface area contributed by atoms with Gasteiger partial charge in [0.15, 0.2) is 0 Å². The molecular formula is C20H21NO3. The van der Waals surface area contributed by atoms with Crippen molar-refractivity contribution in [3.63, 3.8) is 0 Å². The van der Waals surface area contributed by atoms with E-state index in [0.29, 0.717) is 12.2 Å². The smallest absolute Gasteiger partial charge is 0.330 e. The molecule has 0 aliphatic carbocycles. The lowest BCUT2D eigenvalue weighted by Gasteiger charge is -2.18. The average Bonchev–Trinajstić information content (AvgIpc) is 2.59. The van der Waals surface area contributed by atoms with Gasteiger partial charge in [-0.3, -0.25) is 4.79 Å². The summed E-state index contributed by atoms with van der Waals surface area (Å²) in [6.07, 6.45) is 3.05. The van der Waals surface area contributed by atoms with E-state index < -0.39 is 0 Å². The zero-order valence-corrected chi connectivity index (χ0v) is 14.2. The molecule has 0 atom stereocenters. The Bertz CT molecular complexity index is 765. The normalized spacial score (nSPS) is 10.6. The zero-order chi connectivity index (χ0) is 17.5. The number of aryl methyl sites for hydroxylation is 1. The summed E-state index contributed by atoms with van der Waals surface area (Å²) < 4.78 is 4.86. The predicted octanol–water partition coefficient (Wildman–Crippen LogP) is 3.85. The highest BCUT2D eigenvalue weighted by atomic mass is 16.5. The van der Waals surface area contributed by atoms with Gasteiger partial charge in [-0.1, -0.05) is 29.8 Å². The number of hydrogen-bond donors (Lipinski definition) is 0. The fraction of sp³-hybridized carbons (Fsp3) is 0.200. The van der Waals surface area contributed by atoms with Crippen LogP contribution in [0.15, 0.2) is 54.6 Å². The van der Waals surface area contributed by atoms with Gasteiger partial charge in [-0.2, -0.15) is 0 Å². The second-order valence-electron chi connectivity index (χ2n) is 5.41. The summed E-state index contributed by atoms with van der Waals surface area (Å²) in [5, 5.41) is 0. The summed E-state index contributed by atoms with van der Waals surface area (Å²) in [5.74, 6) is -0.461. The predicted molar refractivity (Wildman–Crippen MR) is 96.0 cm³/mol. The first kappa shape index (κ1) is 17.5. The van der Waals surface area contributed by atoms with Gasteiger partial charge in [0.05, 0.1) is 6.61 Å². The third-order valence-electron chi connectivity index (χ3n) is 3.53. The summed E-state index contributed by atoms with van der Waals surface area (Å²) in [7, 11) is 1.73. The van der Waals surface area contributed by atoms with Gasteiger partial charge in [0.25, 0.3) is 5.91 Å². The van der Waals surface area contributed by atoms with E-state index in [1.165, 1.54) is 6.08 Å². The highest BCUT2D eigenvalue weighted by molar-refractivity contribution is 6.06. The van der Waals surface area contributed by atoms with E-state index in [9.17, 15) is 9.59 Å². The molecule has 2 aromatic carbocycles. The lowest BCUT2D eigenvalue weighted by Crippen LogP contribution is -2.26. The molecule has 0 aromatic heterocycles. The van der Waals surface area contributed by atoms with E-state index in [4.69, 9.17) is 4.74 Å². The molecule has 0 aliphatic heterocycles. The van der Waals surface area contributed by atoms with Crippen LogP contribution in [-0.4, -0.2) is 25.5 Å². The number of carbonyl (C=O) groups is 2. The van der Waals surface area contributed by atoms with Crippen LogP contribution in [0.5, 0.6) is 0 Å². The van der Waals surface area contributed by atoms with Crippen LogP contribution in [0, 0.1) is 6.92 Å². The first-order valence-electron chi connectivity index (χ1n) is 7.81. The lowest BCUT2D eigenvalue weighted by atomic mass is 10.1. The highest BCUT2D eigenvalue weighted by Crippen LogP contribution is 2.18. The molecule has 0 unspecified atom stereocenters. The van der Waals surface area contributed by atoms with Crippen molar-refractivity contribution in [3.05, 3.63) is 71.3 Å². The Balaban J connectivity index is 2.18. The third-order valence-corrected chi connectivity index (χ3v) is 3.53. The van der Waals surface area contributed by atoms with Gasteiger partial charge < -0.3 is 9.64 Å². The molecule has 0 spiro atoms. The Morgan fingerprint density at radius 3 is 2.58 bits per heavy atom. The molecule has 0 bridgehead atoms. The number of esters is 1. The summed E-state index contributed by atoms with van der Waals surface area (Å²) in [6.45, 7) is 4.06. The Labute approximate surface area is 142 Å². The van der Waals surface area contributed by atoms with E-state index in [2.05, 4.69) is 0 Å². The quantitative estimate of drug-likeness (QED) is 0.620. The van der Waals surface area contributed by atoms with Crippen molar-refractivity contribution in [1.82, 2.24) is 0 Å². The van der Waals surface area contributed by atoms with Crippen LogP contribution >= 0.6 is 0 Å². The molecule has 2 aromatic rings. The van der Waals surface area contributed by atoms with Crippen LogP contribution in [0.3, 0.4) is 0 Å². The van der Waals surface area contributed by atoms with Gasteiger partial charge in [0.1, 0.15) is 0 Å². The number of amides is 1. The van der Waals surface area contributed by atoms with E-state index in [-0.39, 0.29) is 11.9 Å². The molecule has 2 rings (SSSR count). The SMILES string of the molecule is CCOC(=O)/C=C/c1cccc(N(C)C(=O)c2cccc(C)c2)c1.